The van der Waals surface area contributed by atoms with E-state index in [1.807, 2.05) is 0 Å². The van der Waals surface area contributed by atoms with Crippen LogP contribution in [-0.2, 0) is 0 Å². The lowest BCUT2D eigenvalue weighted by Crippen LogP contribution is -2.46. The van der Waals surface area contributed by atoms with E-state index in [9.17, 15) is 5.11 Å². The van der Waals surface area contributed by atoms with Crippen LogP contribution >= 0.6 is 0 Å². The summed E-state index contributed by atoms with van der Waals surface area (Å²) in [5.41, 5.74) is 0. The molecule has 0 spiro atoms. The van der Waals surface area contributed by atoms with E-state index in [1.165, 1.54) is 19.4 Å². The van der Waals surface area contributed by atoms with Crippen molar-refractivity contribution in [1.82, 2.24) is 10.2 Å². The van der Waals surface area contributed by atoms with E-state index in [4.69, 9.17) is 0 Å². The maximum Gasteiger partial charge on any atom is 0.0680 e. The minimum atomic E-state index is -0.118. The molecule has 4 unspecified atom stereocenters. The SMILES string of the molecule is CC1CCC(C)N(CC2CC(O)CN2)C1. The number of piperidine rings is 1. The van der Waals surface area contributed by atoms with Crippen LogP contribution in [0.4, 0.5) is 0 Å². The Labute approximate surface area is 92.8 Å². The molecule has 0 aromatic carbocycles. The average molecular weight is 212 g/mol. The van der Waals surface area contributed by atoms with Gasteiger partial charge in [-0.1, -0.05) is 6.92 Å². The molecule has 2 saturated heterocycles. The van der Waals surface area contributed by atoms with Gasteiger partial charge in [0.05, 0.1) is 6.10 Å². The van der Waals surface area contributed by atoms with Crippen molar-refractivity contribution in [3.05, 3.63) is 0 Å². The third-order valence-electron chi connectivity index (χ3n) is 3.90. The molecule has 0 aromatic heterocycles. The molecule has 3 nitrogen and oxygen atoms in total. The lowest BCUT2D eigenvalue weighted by Gasteiger charge is -2.38. The van der Waals surface area contributed by atoms with Gasteiger partial charge in [0.2, 0.25) is 0 Å². The van der Waals surface area contributed by atoms with Gasteiger partial charge in [0, 0.05) is 31.7 Å². The third kappa shape index (κ3) is 2.92. The summed E-state index contributed by atoms with van der Waals surface area (Å²) in [6.07, 6.45) is 3.51. The molecule has 0 radical (unpaired) electrons. The second-order valence-electron chi connectivity index (χ2n) is 5.48. The Bertz CT molecular complexity index is 210. The Morgan fingerprint density at radius 2 is 2.13 bits per heavy atom. The van der Waals surface area contributed by atoms with Crippen molar-refractivity contribution in [1.29, 1.82) is 0 Å². The fourth-order valence-corrected chi connectivity index (χ4v) is 2.85. The lowest BCUT2D eigenvalue weighted by atomic mass is 9.94. The van der Waals surface area contributed by atoms with Crippen LogP contribution in [0.25, 0.3) is 0 Å². The van der Waals surface area contributed by atoms with Gasteiger partial charge in [-0.05, 0) is 32.1 Å². The number of hydrogen-bond donors (Lipinski definition) is 2. The summed E-state index contributed by atoms with van der Waals surface area (Å²) in [7, 11) is 0. The molecular formula is C12H24N2O. The number of likely N-dealkylation sites (tertiary alicyclic amines) is 1. The molecule has 2 aliphatic heterocycles. The largest absolute Gasteiger partial charge is 0.392 e. The second kappa shape index (κ2) is 4.81. The Kier molecular flexibility index (Phi) is 3.65. The zero-order valence-corrected chi connectivity index (χ0v) is 9.95. The van der Waals surface area contributed by atoms with Gasteiger partial charge in [-0.15, -0.1) is 0 Å². The molecule has 0 aromatic rings. The first-order chi connectivity index (χ1) is 7.15. The quantitative estimate of drug-likeness (QED) is 0.712. The first-order valence-corrected chi connectivity index (χ1v) is 6.30. The van der Waals surface area contributed by atoms with Gasteiger partial charge in [-0.3, -0.25) is 4.90 Å². The minimum Gasteiger partial charge on any atom is -0.392 e. The van der Waals surface area contributed by atoms with Crippen LogP contribution in [0.15, 0.2) is 0 Å². The summed E-state index contributed by atoms with van der Waals surface area (Å²) in [5, 5.41) is 12.9. The predicted molar refractivity (Wildman–Crippen MR) is 61.8 cm³/mol. The number of nitrogens with one attached hydrogen (secondary N) is 1. The van der Waals surface area contributed by atoms with Crippen LogP contribution < -0.4 is 5.32 Å². The summed E-state index contributed by atoms with van der Waals surface area (Å²) in [4.78, 5) is 2.59. The van der Waals surface area contributed by atoms with Crippen LogP contribution in [0.5, 0.6) is 0 Å². The highest BCUT2D eigenvalue weighted by Crippen LogP contribution is 2.22. The summed E-state index contributed by atoms with van der Waals surface area (Å²) < 4.78 is 0. The number of nitrogens with zero attached hydrogens (tertiary/aromatic N) is 1. The van der Waals surface area contributed by atoms with E-state index in [2.05, 4.69) is 24.1 Å². The molecule has 0 bridgehead atoms. The van der Waals surface area contributed by atoms with Gasteiger partial charge in [0.15, 0.2) is 0 Å². The summed E-state index contributed by atoms with van der Waals surface area (Å²) in [6, 6.07) is 1.23. The Morgan fingerprint density at radius 3 is 2.80 bits per heavy atom. The second-order valence-corrected chi connectivity index (χ2v) is 5.48. The molecule has 0 amide bonds. The zero-order valence-electron chi connectivity index (χ0n) is 9.95. The van der Waals surface area contributed by atoms with E-state index in [1.54, 1.807) is 0 Å². The number of aliphatic hydroxyl groups is 1. The van der Waals surface area contributed by atoms with E-state index < -0.39 is 0 Å². The Hall–Kier alpha value is -0.120. The standard InChI is InChI=1S/C12H24N2O/c1-9-3-4-10(2)14(7-9)8-11-5-12(15)6-13-11/h9-13,15H,3-8H2,1-2H3. The number of β-amino-alcohol motifs (C(OH)–C–C–N with tert-alkyl or cyclic N) is 1. The fraction of sp³-hybridized carbons (Fsp3) is 1.00. The molecule has 2 rings (SSSR count). The molecular weight excluding hydrogens is 188 g/mol. The van der Waals surface area contributed by atoms with Crippen LogP contribution in [-0.4, -0.2) is 47.8 Å². The van der Waals surface area contributed by atoms with Crippen molar-refractivity contribution in [3.63, 3.8) is 0 Å². The monoisotopic (exact) mass is 212 g/mol. The highest BCUT2D eigenvalue weighted by atomic mass is 16.3. The predicted octanol–water partition coefficient (Wildman–Crippen LogP) is 0.830. The first kappa shape index (κ1) is 11.4. The van der Waals surface area contributed by atoms with E-state index in [0.717, 1.165) is 31.5 Å². The van der Waals surface area contributed by atoms with Crippen LogP contribution in [0, 0.1) is 5.92 Å². The molecule has 2 N–H and O–H groups in total. The molecule has 15 heavy (non-hydrogen) atoms. The molecule has 2 aliphatic rings. The molecule has 88 valence electrons. The number of rotatable bonds is 2. The molecule has 3 heteroatoms. The van der Waals surface area contributed by atoms with Crippen LogP contribution in [0.2, 0.25) is 0 Å². The van der Waals surface area contributed by atoms with Crippen molar-refractivity contribution >= 4 is 0 Å². The van der Waals surface area contributed by atoms with Gasteiger partial charge >= 0.3 is 0 Å². The number of hydrogen-bond acceptors (Lipinski definition) is 3. The zero-order chi connectivity index (χ0) is 10.8. The molecule has 2 fully saturated rings. The Balaban J connectivity index is 1.82. The van der Waals surface area contributed by atoms with Crippen molar-refractivity contribution < 1.29 is 5.11 Å². The van der Waals surface area contributed by atoms with E-state index in [0.29, 0.717) is 6.04 Å². The molecule has 0 aliphatic carbocycles. The molecule has 4 atom stereocenters. The van der Waals surface area contributed by atoms with Gasteiger partial charge < -0.3 is 10.4 Å². The summed E-state index contributed by atoms with van der Waals surface area (Å²) in [6.45, 7) is 7.80. The topological polar surface area (TPSA) is 35.5 Å². The lowest BCUT2D eigenvalue weighted by molar-refractivity contribution is 0.111. The molecule has 0 saturated carbocycles. The van der Waals surface area contributed by atoms with Gasteiger partial charge in [0.25, 0.3) is 0 Å². The van der Waals surface area contributed by atoms with Gasteiger partial charge in [-0.25, -0.2) is 0 Å². The highest BCUT2D eigenvalue weighted by molar-refractivity contribution is 4.86. The van der Waals surface area contributed by atoms with E-state index in [-0.39, 0.29) is 6.10 Å². The van der Waals surface area contributed by atoms with Crippen molar-refractivity contribution in [2.75, 3.05) is 19.6 Å². The summed E-state index contributed by atoms with van der Waals surface area (Å²) in [5.74, 6) is 0.840. The molecule has 2 heterocycles. The average Bonchev–Trinajstić information content (AvgIpc) is 2.58. The fourth-order valence-electron chi connectivity index (χ4n) is 2.85. The minimum absolute atomic E-state index is 0.118. The maximum absolute atomic E-state index is 9.47. The van der Waals surface area contributed by atoms with Crippen LogP contribution in [0.1, 0.15) is 33.1 Å². The number of aliphatic hydroxyl groups excluding tert-OH is 1. The van der Waals surface area contributed by atoms with Crippen molar-refractivity contribution in [2.24, 2.45) is 5.92 Å². The van der Waals surface area contributed by atoms with Crippen molar-refractivity contribution in [2.45, 2.75) is 51.3 Å². The maximum atomic E-state index is 9.47. The van der Waals surface area contributed by atoms with Crippen LogP contribution in [0.3, 0.4) is 0 Å². The smallest absolute Gasteiger partial charge is 0.0680 e. The van der Waals surface area contributed by atoms with Gasteiger partial charge in [-0.2, -0.15) is 0 Å². The Morgan fingerprint density at radius 1 is 1.33 bits per heavy atom. The van der Waals surface area contributed by atoms with E-state index >= 15 is 0 Å². The highest BCUT2D eigenvalue weighted by Gasteiger charge is 2.28. The third-order valence-corrected chi connectivity index (χ3v) is 3.90. The van der Waals surface area contributed by atoms with Gasteiger partial charge in [0.1, 0.15) is 0 Å². The summed E-state index contributed by atoms with van der Waals surface area (Å²) >= 11 is 0. The van der Waals surface area contributed by atoms with Crippen molar-refractivity contribution in [3.8, 4) is 0 Å². The first-order valence-electron chi connectivity index (χ1n) is 6.30. The normalized spacial score (nSPS) is 43.4.